The van der Waals surface area contributed by atoms with Crippen LogP contribution in [0.15, 0.2) is 24.5 Å². The number of nitrogens with zero attached hydrogens (tertiary/aromatic N) is 1. The average molecular weight is 335 g/mol. The molecule has 0 spiro atoms. The standard InChI is InChI=1S/C13H7Cl3FNO2/c1-20-13(19)11-8(4-18-5-10(11)17)7-2-6(14)3-9(15)12(7)16/h2-5H,1H3. The van der Waals surface area contributed by atoms with Gasteiger partial charge in [-0.05, 0) is 12.1 Å². The Morgan fingerprint density at radius 3 is 2.55 bits per heavy atom. The van der Waals surface area contributed by atoms with E-state index in [1.54, 1.807) is 0 Å². The van der Waals surface area contributed by atoms with Gasteiger partial charge in [-0.3, -0.25) is 4.98 Å². The van der Waals surface area contributed by atoms with Crippen LogP contribution in [0.5, 0.6) is 0 Å². The topological polar surface area (TPSA) is 39.2 Å². The largest absolute Gasteiger partial charge is 0.465 e. The molecule has 1 heterocycles. The third-order valence-corrected chi connectivity index (χ3v) is 3.59. The Kier molecular flexibility index (Phi) is 4.48. The molecule has 7 heteroatoms. The second-order valence-corrected chi connectivity index (χ2v) is 5.01. The van der Waals surface area contributed by atoms with Crippen molar-refractivity contribution < 1.29 is 13.9 Å². The molecule has 2 rings (SSSR count). The van der Waals surface area contributed by atoms with Crippen LogP contribution in [0.25, 0.3) is 11.1 Å². The van der Waals surface area contributed by atoms with E-state index in [0.717, 1.165) is 13.3 Å². The summed E-state index contributed by atoms with van der Waals surface area (Å²) in [7, 11) is 1.15. The summed E-state index contributed by atoms with van der Waals surface area (Å²) in [5.74, 6) is -1.66. The monoisotopic (exact) mass is 333 g/mol. The number of aromatic nitrogens is 1. The van der Waals surface area contributed by atoms with Crippen LogP contribution in [0.4, 0.5) is 4.39 Å². The number of carbonyl (C=O) groups excluding carboxylic acids is 1. The molecule has 0 atom stereocenters. The summed E-state index contributed by atoms with van der Waals surface area (Å²) in [6.07, 6.45) is 2.21. The quantitative estimate of drug-likeness (QED) is 0.593. The zero-order chi connectivity index (χ0) is 14.9. The lowest BCUT2D eigenvalue weighted by atomic mass is 10.0. The summed E-state index contributed by atoms with van der Waals surface area (Å²) >= 11 is 17.9. The van der Waals surface area contributed by atoms with Crippen LogP contribution in [0.2, 0.25) is 15.1 Å². The summed E-state index contributed by atoms with van der Waals surface area (Å²) in [6.45, 7) is 0. The van der Waals surface area contributed by atoms with Crippen molar-refractivity contribution in [1.82, 2.24) is 4.98 Å². The number of carbonyl (C=O) groups is 1. The summed E-state index contributed by atoms with van der Waals surface area (Å²) in [4.78, 5) is 15.4. The molecule has 0 radical (unpaired) electrons. The number of methoxy groups -OCH3 is 1. The first-order valence-corrected chi connectivity index (χ1v) is 6.45. The Morgan fingerprint density at radius 2 is 1.90 bits per heavy atom. The molecule has 0 amide bonds. The van der Waals surface area contributed by atoms with Gasteiger partial charge in [0.2, 0.25) is 0 Å². The van der Waals surface area contributed by atoms with E-state index < -0.39 is 11.8 Å². The van der Waals surface area contributed by atoms with Crippen molar-refractivity contribution in [1.29, 1.82) is 0 Å². The minimum absolute atomic E-state index is 0.147. The summed E-state index contributed by atoms with van der Waals surface area (Å²) in [5.41, 5.74) is 0.186. The second-order valence-electron chi connectivity index (χ2n) is 3.78. The summed E-state index contributed by atoms with van der Waals surface area (Å²) in [6, 6.07) is 2.91. The first-order chi connectivity index (χ1) is 9.45. The van der Waals surface area contributed by atoms with E-state index in [9.17, 15) is 9.18 Å². The zero-order valence-corrected chi connectivity index (χ0v) is 12.4. The van der Waals surface area contributed by atoms with Gasteiger partial charge in [-0.1, -0.05) is 34.8 Å². The molecule has 0 aliphatic heterocycles. The fourth-order valence-electron chi connectivity index (χ4n) is 1.70. The zero-order valence-electron chi connectivity index (χ0n) is 10.1. The lowest BCUT2D eigenvalue weighted by molar-refractivity contribution is 0.0596. The minimum atomic E-state index is -0.841. The average Bonchev–Trinajstić information content (AvgIpc) is 2.41. The molecule has 2 aromatic rings. The fourth-order valence-corrected chi connectivity index (χ4v) is 2.41. The molecule has 3 nitrogen and oxygen atoms in total. The number of hydrogen-bond acceptors (Lipinski definition) is 3. The van der Waals surface area contributed by atoms with Crippen LogP contribution < -0.4 is 0 Å². The normalized spacial score (nSPS) is 10.4. The van der Waals surface area contributed by atoms with Crippen LogP contribution in [0.3, 0.4) is 0 Å². The van der Waals surface area contributed by atoms with Gasteiger partial charge in [-0.15, -0.1) is 0 Å². The molecule has 0 aliphatic rings. The van der Waals surface area contributed by atoms with Crippen molar-refractivity contribution in [2.75, 3.05) is 7.11 Å². The van der Waals surface area contributed by atoms with Crippen molar-refractivity contribution in [3.8, 4) is 11.1 Å². The van der Waals surface area contributed by atoms with Crippen molar-refractivity contribution in [2.24, 2.45) is 0 Å². The van der Waals surface area contributed by atoms with Gasteiger partial charge in [-0.2, -0.15) is 0 Å². The van der Waals surface area contributed by atoms with Gasteiger partial charge in [0.1, 0.15) is 5.56 Å². The number of hydrogen-bond donors (Lipinski definition) is 0. The maximum absolute atomic E-state index is 13.8. The van der Waals surface area contributed by atoms with Crippen LogP contribution in [-0.4, -0.2) is 18.1 Å². The molecular weight excluding hydrogens is 328 g/mol. The van der Waals surface area contributed by atoms with E-state index in [2.05, 4.69) is 9.72 Å². The Labute approximate surface area is 129 Å². The number of pyridine rings is 1. The summed E-state index contributed by atoms with van der Waals surface area (Å²) < 4.78 is 18.4. The van der Waals surface area contributed by atoms with Crippen molar-refractivity contribution >= 4 is 40.8 Å². The highest BCUT2D eigenvalue weighted by Gasteiger charge is 2.21. The van der Waals surface area contributed by atoms with Gasteiger partial charge in [0.15, 0.2) is 5.82 Å². The molecule has 0 N–H and O–H groups in total. The van der Waals surface area contributed by atoms with E-state index in [1.165, 1.54) is 18.3 Å². The van der Waals surface area contributed by atoms with E-state index in [4.69, 9.17) is 34.8 Å². The number of esters is 1. The molecule has 0 fully saturated rings. The van der Waals surface area contributed by atoms with Crippen molar-refractivity contribution in [3.63, 3.8) is 0 Å². The second kappa shape index (κ2) is 5.95. The SMILES string of the molecule is COC(=O)c1c(F)cncc1-c1cc(Cl)cc(Cl)c1Cl. The van der Waals surface area contributed by atoms with E-state index in [-0.39, 0.29) is 21.2 Å². The minimum Gasteiger partial charge on any atom is -0.465 e. The predicted molar refractivity (Wildman–Crippen MR) is 76.0 cm³/mol. The van der Waals surface area contributed by atoms with Gasteiger partial charge in [0, 0.05) is 22.3 Å². The third-order valence-electron chi connectivity index (χ3n) is 2.57. The van der Waals surface area contributed by atoms with E-state index in [1.807, 2.05) is 0 Å². The molecule has 0 saturated carbocycles. The van der Waals surface area contributed by atoms with Gasteiger partial charge < -0.3 is 4.74 Å². The maximum Gasteiger partial charge on any atom is 0.341 e. The van der Waals surface area contributed by atoms with Gasteiger partial charge in [0.05, 0.1) is 23.4 Å². The van der Waals surface area contributed by atoms with Crippen LogP contribution in [0.1, 0.15) is 10.4 Å². The number of ether oxygens (including phenoxy) is 1. The van der Waals surface area contributed by atoms with E-state index in [0.29, 0.717) is 10.6 Å². The van der Waals surface area contributed by atoms with E-state index >= 15 is 0 Å². The Balaban J connectivity index is 2.77. The van der Waals surface area contributed by atoms with Crippen molar-refractivity contribution in [3.05, 3.63) is 51.0 Å². The molecule has 0 aliphatic carbocycles. The molecule has 0 unspecified atom stereocenters. The van der Waals surface area contributed by atoms with Crippen LogP contribution >= 0.6 is 34.8 Å². The van der Waals surface area contributed by atoms with Crippen LogP contribution in [0, 0.1) is 5.82 Å². The number of rotatable bonds is 2. The third kappa shape index (κ3) is 2.73. The number of halogens is 4. The molecular formula is C13H7Cl3FNO2. The highest BCUT2D eigenvalue weighted by molar-refractivity contribution is 6.45. The maximum atomic E-state index is 13.8. The van der Waals surface area contributed by atoms with Gasteiger partial charge >= 0.3 is 5.97 Å². The summed E-state index contributed by atoms with van der Waals surface area (Å²) in [5, 5.41) is 0.636. The fraction of sp³-hybridized carbons (Fsp3) is 0.0769. The number of benzene rings is 1. The highest BCUT2D eigenvalue weighted by Crippen LogP contribution is 2.38. The highest BCUT2D eigenvalue weighted by atomic mass is 35.5. The van der Waals surface area contributed by atoms with Crippen molar-refractivity contribution in [2.45, 2.75) is 0 Å². The lowest BCUT2D eigenvalue weighted by Gasteiger charge is -2.11. The first kappa shape index (κ1) is 15.0. The Morgan fingerprint density at radius 1 is 1.20 bits per heavy atom. The van der Waals surface area contributed by atoms with Crippen LogP contribution in [-0.2, 0) is 4.74 Å². The molecule has 20 heavy (non-hydrogen) atoms. The Hall–Kier alpha value is -1.36. The molecule has 0 bridgehead atoms. The lowest BCUT2D eigenvalue weighted by Crippen LogP contribution is -2.07. The molecule has 1 aromatic heterocycles. The first-order valence-electron chi connectivity index (χ1n) is 5.32. The molecule has 0 saturated heterocycles. The van der Waals surface area contributed by atoms with Gasteiger partial charge in [0.25, 0.3) is 0 Å². The molecule has 1 aromatic carbocycles. The smallest absolute Gasteiger partial charge is 0.341 e. The predicted octanol–water partition coefficient (Wildman–Crippen LogP) is 4.63. The Bertz CT molecular complexity index is 692. The molecule has 104 valence electrons. The van der Waals surface area contributed by atoms with Gasteiger partial charge in [-0.25, -0.2) is 9.18 Å².